The Kier molecular flexibility index (Phi) is 2.21. The molecule has 0 aliphatic heterocycles. The third kappa shape index (κ3) is 1.42. The van der Waals surface area contributed by atoms with Crippen molar-refractivity contribution in [1.82, 2.24) is 0 Å². The van der Waals surface area contributed by atoms with Gasteiger partial charge in [-0.25, -0.2) is 0 Å². The number of nitrogens with one attached hydrogen (secondary N) is 1. The Labute approximate surface area is 117 Å². The quantitative estimate of drug-likeness (QED) is 0.537. The van der Waals surface area contributed by atoms with E-state index in [1.807, 2.05) is 12.1 Å². The lowest BCUT2D eigenvalue weighted by Gasteiger charge is -2.10. The molecule has 0 unspecified atom stereocenters. The zero-order chi connectivity index (χ0) is 13.7. The van der Waals surface area contributed by atoms with Crippen molar-refractivity contribution >= 4 is 22.4 Å². The summed E-state index contributed by atoms with van der Waals surface area (Å²) in [7, 11) is 0. The van der Waals surface area contributed by atoms with Crippen LogP contribution in [0.5, 0.6) is 0 Å². The SMILES string of the molecule is CC(=O)Nc1cccc2c1-c1cccc3cccc-2c13. The van der Waals surface area contributed by atoms with Crippen molar-refractivity contribution in [3.63, 3.8) is 0 Å². The highest BCUT2D eigenvalue weighted by atomic mass is 16.1. The van der Waals surface area contributed by atoms with Crippen LogP contribution >= 0.6 is 0 Å². The summed E-state index contributed by atoms with van der Waals surface area (Å²) in [5.41, 5.74) is 5.68. The van der Waals surface area contributed by atoms with Gasteiger partial charge in [-0.05, 0) is 33.5 Å². The molecule has 3 aromatic carbocycles. The second-order valence-electron chi connectivity index (χ2n) is 5.12. The van der Waals surface area contributed by atoms with Crippen LogP contribution in [0.1, 0.15) is 6.92 Å². The number of benzene rings is 3. The molecule has 0 radical (unpaired) electrons. The molecule has 96 valence electrons. The zero-order valence-corrected chi connectivity index (χ0v) is 11.1. The summed E-state index contributed by atoms with van der Waals surface area (Å²) in [5.74, 6) is -0.0402. The Hall–Kier alpha value is -2.61. The molecule has 0 heterocycles. The van der Waals surface area contributed by atoms with Gasteiger partial charge in [-0.15, -0.1) is 0 Å². The van der Waals surface area contributed by atoms with Crippen molar-refractivity contribution in [3.8, 4) is 22.3 Å². The first-order valence-corrected chi connectivity index (χ1v) is 6.69. The lowest BCUT2D eigenvalue weighted by molar-refractivity contribution is -0.114. The molecule has 1 aliphatic rings. The van der Waals surface area contributed by atoms with Crippen LogP contribution in [-0.4, -0.2) is 5.91 Å². The van der Waals surface area contributed by atoms with Crippen LogP contribution in [0.2, 0.25) is 0 Å². The van der Waals surface area contributed by atoms with Crippen LogP contribution < -0.4 is 5.32 Å². The van der Waals surface area contributed by atoms with Gasteiger partial charge in [0.1, 0.15) is 0 Å². The summed E-state index contributed by atoms with van der Waals surface area (Å²) in [4.78, 5) is 11.4. The van der Waals surface area contributed by atoms with Crippen LogP contribution in [0.3, 0.4) is 0 Å². The highest BCUT2D eigenvalue weighted by molar-refractivity contribution is 6.18. The van der Waals surface area contributed by atoms with Gasteiger partial charge in [0, 0.05) is 18.2 Å². The number of fused-ring (bicyclic) bond motifs is 3. The molecule has 0 fully saturated rings. The van der Waals surface area contributed by atoms with Gasteiger partial charge in [-0.2, -0.15) is 0 Å². The van der Waals surface area contributed by atoms with Gasteiger partial charge >= 0.3 is 0 Å². The maximum atomic E-state index is 11.4. The van der Waals surface area contributed by atoms with Gasteiger partial charge in [-0.3, -0.25) is 4.79 Å². The van der Waals surface area contributed by atoms with Crippen molar-refractivity contribution in [3.05, 3.63) is 54.6 Å². The van der Waals surface area contributed by atoms with Crippen LogP contribution in [-0.2, 0) is 4.79 Å². The van der Waals surface area contributed by atoms with E-state index in [-0.39, 0.29) is 5.91 Å². The van der Waals surface area contributed by atoms with Crippen molar-refractivity contribution in [2.75, 3.05) is 5.32 Å². The molecule has 2 heteroatoms. The Morgan fingerprint density at radius 2 is 1.50 bits per heavy atom. The zero-order valence-electron chi connectivity index (χ0n) is 11.1. The number of hydrogen-bond donors (Lipinski definition) is 1. The summed E-state index contributed by atoms with van der Waals surface area (Å²) in [6.45, 7) is 1.54. The number of anilines is 1. The summed E-state index contributed by atoms with van der Waals surface area (Å²) >= 11 is 0. The molecule has 1 aliphatic carbocycles. The third-order valence-electron chi connectivity index (χ3n) is 3.84. The molecule has 1 N–H and O–H groups in total. The lowest BCUT2D eigenvalue weighted by atomic mass is 10.0. The van der Waals surface area contributed by atoms with Gasteiger partial charge in [0.2, 0.25) is 5.91 Å². The van der Waals surface area contributed by atoms with Gasteiger partial charge < -0.3 is 5.32 Å². The van der Waals surface area contributed by atoms with E-state index >= 15 is 0 Å². The van der Waals surface area contributed by atoms with E-state index in [0.29, 0.717) is 0 Å². The number of amides is 1. The van der Waals surface area contributed by atoms with E-state index in [0.717, 1.165) is 11.3 Å². The van der Waals surface area contributed by atoms with E-state index in [9.17, 15) is 4.79 Å². The number of hydrogen-bond acceptors (Lipinski definition) is 1. The van der Waals surface area contributed by atoms with Crippen molar-refractivity contribution in [1.29, 1.82) is 0 Å². The van der Waals surface area contributed by atoms with Crippen LogP contribution in [0.25, 0.3) is 33.0 Å². The van der Waals surface area contributed by atoms with E-state index in [2.05, 4.69) is 47.8 Å². The van der Waals surface area contributed by atoms with Gasteiger partial charge in [0.15, 0.2) is 0 Å². The third-order valence-corrected chi connectivity index (χ3v) is 3.84. The predicted molar refractivity (Wildman–Crippen MR) is 82.7 cm³/mol. The summed E-state index contributed by atoms with van der Waals surface area (Å²) in [5, 5.41) is 5.47. The highest BCUT2D eigenvalue weighted by Crippen LogP contribution is 2.49. The van der Waals surface area contributed by atoms with E-state index in [1.54, 1.807) is 6.92 Å². The van der Waals surface area contributed by atoms with E-state index in [4.69, 9.17) is 0 Å². The number of rotatable bonds is 1. The minimum absolute atomic E-state index is 0.0402. The number of carbonyl (C=O) groups is 1. The molecule has 4 rings (SSSR count). The molecule has 2 nitrogen and oxygen atoms in total. The van der Waals surface area contributed by atoms with E-state index < -0.39 is 0 Å². The minimum Gasteiger partial charge on any atom is -0.326 e. The van der Waals surface area contributed by atoms with Crippen LogP contribution in [0.4, 0.5) is 5.69 Å². The Morgan fingerprint density at radius 3 is 2.25 bits per heavy atom. The average Bonchev–Trinajstić information content (AvgIpc) is 2.77. The fourth-order valence-corrected chi connectivity index (χ4v) is 3.13. The minimum atomic E-state index is -0.0402. The molecule has 20 heavy (non-hydrogen) atoms. The monoisotopic (exact) mass is 259 g/mol. The molecule has 0 bridgehead atoms. The topological polar surface area (TPSA) is 29.1 Å². The summed E-state index contributed by atoms with van der Waals surface area (Å²) < 4.78 is 0. The van der Waals surface area contributed by atoms with Gasteiger partial charge in [0.05, 0.1) is 0 Å². The molecule has 3 aromatic rings. The molecule has 0 spiro atoms. The summed E-state index contributed by atoms with van der Waals surface area (Å²) in [6, 6.07) is 18.8. The molecule has 0 saturated heterocycles. The Balaban J connectivity index is 2.11. The van der Waals surface area contributed by atoms with Crippen LogP contribution in [0, 0.1) is 0 Å². The van der Waals surface area contributed by atoms with Crippen LogP contribution in [0.15, 0.2) is 54.6 Å². The molecular formula is C18H13NO. The molecule has 1 amide bonds. The first-order valence-electron chi connectivity index (χ1n) is 6.69. The second-order valence-corrected chi connectivity index (χ2v) is 5.12. The summed E-state index contributed by atoms with van der Waals surface area (Å²) in [6.07, 6.45) is 0. The smallest absolute Gasteiger partial charge is 0.221 e. The Morgan fingerprint density at radius 1 is 0.850 bits per heavy atom. The predicted octanol–water partition coefficient (Wildman–Crippen LogP) is 4.45. The fourth-order valence-electron chi connectivity index (χ4n) is 3.13. The molecular weight excluding hydrogens is 246 g/mol. The average molecular weight is 259 g/mol. The fraction of sp³-hybridized carbons (Fsp3) is 0.0556. The standard InChI is InChI=1S/C18H13NO/c1-11(20)19-16-10-4-8-14-13-7-2-5-12-6-3-9-15(17(12)13)18(14)16/h2-10H,1H3,(H,19,20). The highest BCUT2D eigenvalue weighted by Gasteiger charge is 2.23. The molecule has 0 saturated carbocycles. The first kappa shape index (κ1) is 11.2. The molecule has 0 aromatic heterocycles. The number of carbonyl (C=O) groups excluding carboxylic acids is 1. The van der Waals surface area contributed by atoms with Crippen molar-refractivity contribution < 1.29 is 4.79 Å². The first-order chi connectivity index (χ1) is 9.75. The van der Waals surface area contributed by atoms with Gasteiger partial charge in [-0.1, -0.05) is 48.5 Å². The van der Waals surface area contributed by atoms with Crippen molar-refractivity contribution in [2.45, 2.75) is 6.92 Å². The molecule has 0 atom stereocenters. The Bertz CT molecular complexity index is 859. The lowest BCUT2D eigenvalue weighted by Crippen LogP contribution is -2.06. The van der Waals surface area contributed by atoms with Gasteiger partial charge in [0.25, 0.3) is 0 Å². The van der Waals surface area contributed by atoms with Crippen molar-refractivity contribution in [2.24, 2.45) is 0 Å². The second kappa shape index (κ2) is 3.94. The maximum absolute atomic E-state index is 11.4. The normalized spacial score (nSPS) is 11.4. The maximum Gasteiger partial charge on any atom is 0.221 e. The van der Waals surface area contributed by atoms with E-state index in [1.165, 1.54) is 27.5 Å². The largest absolute Gasteiger partial charge is 0.326 e.